The number of amides is 2. The molecule has 0 saturated heterocycles. The van der Waals surface area contributed by atoms with Gasteiger partial charge in [0, 0.05) is 30.3 Å². The molecule has 0 spiro atoms. The van der Waals surface area contributed by atoms with Gasteiger partial charge in [-0.3, -0.25) is 4.68 Å². The first-order valence-corrected chi connectivity index (χ1v) is 9.64. The van der Waals surface area contributed by atoms with Gasteiger partial charge in [-0.25, -0.2) is 9.18 Å². The van der Waals surface area contributed by atoms with Gasteiger partial charge in [-0.2, -0.15) is 19.1 Å². The lowest BCUT2D eigenvalue weighted by Gasteiger charge is -2.34. The van der Waals surface area contributed by atoms with Gasteiger partial charge in [0.25, 0.3) is 0 Å². The van der Waals surface area contributed by atoms with Crippen LogP contribution in [-0.4, -0.2) is 38.0 Å². The Hall–Kier alpha value is -3.06. The zero-order valence-corrected chi connectivity index (χ0v) is 16.2. The zero-order valence-electron chi connectivity index (χ0n) is 16.2. The predicted octanol–water partition coefficient (Wildman–Crippen LogP) is 3.12. The van der Waals surface area contributed by atoms with Crippen molar-refractivity contribution in [3.05, 3.63) is 46.5 Å². The Morgan fingerprint density at radius 3 is 2.93 bits per heavy atom. The minimum atomic E-state index is -3.46. The number of carbonyl (C=O) groups excluding carboxylic acids is 1. The Bertz CT molecular complexity index is 1050. The number of nitrogens with zero attached hydrogens (tertiary/aromatic N) is 4. The molecule has 2 aromatic rings. The van der Waals surface area contributed by atoms with Crippen LogP contribution < -0.4 is 5.32 Å². The standard InChI is InChI=1S/C20H20F3N5O2/c1-11-7-16-14(18-20(22,23)17(29)3-2-6-28(18)26-16)10-27(11)19(30)25-13-4-5-15(21)12(8-13)9-24/h4-5,8,11,17,29H,2-3,6-7,10H2,1H3,(H,25,30)/t11-,17?/m1/s1. The second kappa shape index (κ2) is 7.32. The molecule has 3 heterocycles. The molecule has 1 aromatic carbocycles. The number of aryl methyl sites for hydroxylation is 1. The van der Waals surface area contributed by atoms with Gasteiger partial charge in [0.2, 0.25) is 0 Å². The van der Waals surface area contributed by atoms with Crippen molar-refractivity contribution in [2.75, 3.05) is 5.32 Å². The molecule has 2 amide bonds. The van der Waals surface area contributed by atoms with Crippen molar-refractivity contribution in [1.82, 2.24) is 14.7 Å². The lowest BCUT2D eigenvalue weighted by atomic mass is 9.95. The summed E-state index contributed by atoms with van der Waals surface area (Å²) in [5, 5.41) is 25.8. The first-order valence-electron chi connectivity index (χ1n) is 9.64. The summed E-state index contributed by atoms with van der Waals surface area (Å²) in [6.45, 7) is 1.97. The molecule has 1 aromatic heterocycles. The largest absolute Gasteiger partial charge is 0.386 e. The third kappa shape index (κ3) is 3.29. The highest BCUT2D eigenvalue weighted by Crippen LogP contribution is 2.41. The van der Waals surface area contributed by atoms with Crippen molar-refractivity contribution >= 4 is 11.7 Å². The number of halogens is 3. The number of fused-ring (bicyclic) bond motifs is 3. The Morgan fingerprint density at radius 1 is 1.43 bits per heavy atom. The maximum absolute atomic E-state index is 14.9. The van der Waals surface area contributed by atoms with Crippen molar-refractivity contribution in [3.63, 3.8) is 0 Å². The maximum atomic E-state index is 14.9. The number of rotatable bonds is 1. The summed E-state index contributed by atoms with van der Waals surface area (Å²) in [6.07, 6.45) is -1.15. The molecule has 2 aliphatic rings. The topological polar surface area (TPSA) is 94.2 Å². The minimum absolute atomic E-state index is 0.0302. The number of aliphatic hydroxyl groups is 1. The fraction of sp³-hybridized carbons (Fsp3) is 0.450. The number of benzene rings is 1. The van der Waals surface area contributed by atoms with E-state index >= 15 is 0 Å². The van der Waals surface area contributed by atoms with Crippen LogP contribution in [0.3, 0.4) is 0 Å². The van der Waals surface area contributed by atoms with E-state index in [1.54, 1.807) is 13.0 Å². The van der Waals surface area contributed by atoms with Crippen molar-refractivity contribution in [2.24, 2.45) is 0 Å². The molecule has 2 N–H and O–H groups in total. The lowest BCUT2D eigenvalue weighted by Crippen LogP contribution is -2.45. The normalized spacial score (nSPS) is 22.5. The van der Waals surface area contributed by atoms with Crippen LogP contribution in [0.5, 0.6) is 0 Å². The van der Waals surface area contributed by atoms with Crippen molar-refractivity contribution in [2.45, 2.75) is 57.3 Å². The predicted molar refractivity (Wildman–Crippen MR) is 100 cm³/mol. The number of carbonyl (C=O) groups is 1. The number of nitriles is 1. The van der Waals surface area contributed by atoms with Crippen LogP contribution in [0.25, 0.3) is 0 Å². The number of aliphatic hydroxyl groups excluding tert-OH is 1. The Morgan fingerprint density at radius 2 is 2.20 bits per heavy atom. The first kappa shape index (κ1) is 20.2. The van der Waals surface area contributed by atoms with Crippen LogP contribution >= 0.6 is 0 Å². The number of hydrogen-bond donors (Lipinski definition) is 2. The van der Waals surface area contributed by atoms with E-state index in [-0.39, 0.29) is 48.1 Å². The molecule has 2 aliphatic heterocycles. The van der Waals surface area contributed by atoms with Crippen LogP contribution in [0.1, 0.15) is 42.3 Å². The van der Waals surface area contributed by atoms with Crippen molar-refractivity contribution in [3.8, 4) is 6.07 Å². The van der Waals surface area contributed by atoms with Crippen LogP contribution in [0.2, 0.25) is 0 Å². The van der Waals surface area contributed by atoms with E-state index in [9.17, 15) is 23.1 Å². The number of nitrogens with one attached hydrogen (secondary N) is 1. The zero-order chi connectivity index (χ0) is 21.6. The van der Waals surface area contributed by atoms with Gasteiger partial charge in [-0.05, 0) is 38.0 Å². The molecule has 0 saturated carbocycles. The van der Waals surface area contributed by atoms with Crippen molar-refractivity contribution < 1.29 is 23.1 Å². The molecule has 0 fully saturated rings. The Labute approximate surface area is 170 Å². The van der Waals surface area contributed by atoms with E-state index in [2.05, 4.69) is 10.4 Å². The summed E-state index contributed by atoms with van der Waals surface area (Å²) in [5.74, 6) is -4.16. The van der Waals surface area contributed by atoms with Gasteiger partial charge in [0.15, 0.2) is 0 Å². The first-order chi connectivity index (χ1) is 14.2. The number of aromatic nitrogens is 2. The molecule has 0 bridgehead atoms. The molecule has 0 aliphatic carbocycles. The summed E-state index contributed by atoms with van der Waals surface area (Å²) in [5.41, 5.74) is 0.443. The summed E-state index contributed by atoms with van der Waals surface area (Å²) < 4.78 is 44.5. The van der Waals surface area contributed by atoms with Gasteiger partial charge in [-0.1, -0.05) is 0 Å². The summed E-state index contributed by atoms with van der Waals surface area (Å²) in [6, 6.07) is 4.44. The monoisotopic (exact) mass is 419 g/mol. The maximum Gasteiger partial charge on any atom is 0.322 e. The highest BCUT2D eigenvalue weighted by Gasteiger charge is 2.48. The summed E-state index contributed by atoms with van der Waals surface area (Å²) in [7, 11) is 0. The summed E-state index contributed by atoms with van der Waals surface area (Å²) >= 11 is 0. The smallest absolute Gasteiger partial charge is 0.322 e. The molecule has 1 unspecified atom stereocenters. The van der Waals surface area contributed by atoms with Crippen molar-refractivity contribution in [1.29, 1.82) is 5.26 Å². The molecule has 7 nitrogen and oxygen atoms in total. The van der Waals surface area contributed by atoms with Gasteiger partial charge >= 0.3 is 12.0 Å². The molecular formula is C20H20F3N5O2. The lowest BCUT2D eigenvalue weighted by molar-refractivity contribution is -0.119. The van der Waals surface area contributed by atoms with Gasteiger partial charge in [-0.15, -0.1) is 0 Å². The number of urea groups is 1. The van der Waals surface area contributed by atoms with E-state index in [1.807, 2.05) is 0 Å². The molecule has 158 valence electrons. The highest BCUT2D eigenvalue weighted by molar-refractivity contribution is 5.90. The average Bonchev–Trinajstić information content (AvgIpc) is 3.01. The van der Waals surface area contributed by atoms with E-state index in [4.69, 9.17) is 5.26 Å². The quantitative estimate of drug-likeness (QED) is 0.743. The van der Waals surface area contributed by atoms with Gasteiger partial charge in [0.05, 0.1) is 17.8 Å². The molecule has 2 atom stereocenters. The Kier molecular flexibility index (Phi) is 4.94. The number of hydrogen-bond acceptors (Lipinski definition) is 4. The second-order valence-corrected chi connectivity index (χ2v) is 7.70. The van der Waals surface area contributed by atoms with E-state index in [0.29, 0.717) is 18.5 Å². The van der Waals surface area contributed by atoms with Crippen LogP contribution in [0, 0.1) is 17.1 Å². The van der Waals surface area contributed by atoms with E-state index in [1.165, 1.54) is 21.7 Å². The van der Waals surface area contributed by atoms with Crippen LogP contribution in [-0.2, 0) is 25.4 Å². The molecule has 10 heteroatoms. The average molecular weight is 419 g/mol. The van der Waals surface area contributed by atoms with Crippen LogP contribution in [0.4, 0.5) is 23.7 Å². The number of anilines is 1. The molecule has 30 heavy (non-hydrogen) atoms. The summed E-state index contributed by atoms with van der Waals surface area (Å²) in [4.78, 5) is 14.2. The fourth-order valence-electron chi connectivity index (χ4n) is 4.06. The second-order valence-electron chi connectivity index (χ2n) is 7.70. The third-order valence-corrected chi connectivity index (χ3v) is 5.66. The van der Waals surface area contributed by atoms with E-state index in [0.717, 1.165) is 6.07 Å². The van der Waals surface area contributed by atoms with Gasteiger partial charge in [0.1, 0.15) is 23.7 Å². The molecule has 4 rings (SSSR count). The van der Waals surface area contributed by atoms with E-state index < -0.39 is 23.9 Å². The third-order valence-electron chi connectivity index (χ3n) is 5.66. The SMILES string of the molecule is C[C@@H]1Cc2nn3c(c2CN1C(=O)Nc1ccc(F)c(C#N)c1)C(F)(F)C(O)CCC3. The minimum Gasteiger partial charge on any atom is -0.386 e. The molecule has 0 radical (unpaired) electrons. The van der Waals surface area contributed by atoms with Crippen LogP contribution in [0.15, 0.2) is 18.2 Å². The highest BCUT2D eigenvalue weighted by atomic mass is 19.3. The fourth-order valence-corrected chi connectivity index (χ4v) is 4.06. The number of alkyl halides is 2. The molecular weight excluding hydrogens is 399 g/mol. The van der Waals surface area contributed by atoms with Gasteiger partial charge < -0.3 is 15.3 Å². The Balaban J connectivity index is 1.63.